The average molecular weight is 311 g/mol. The first kappa shape index (κ1) is 17.6. The topological polar surface area (TPSA) is 92.7 Å². The van der Waals surface area contributed by atoms with Crippen molar-refractivity contribution in [2.24, 2.45) is 5.92 Å². The summed E-state index contributed by atoms with van der Waals surface area (Å²) in [4.78, 5) is 34.6. The van der Waals surface area contributed by atoms with Gasteiger partial charge in [0.05, 0.1) is 12.7 Å². The number of halogens is 1. The molecule has 7 heteroatoms. The van der Waals surface area contributed by atoms with Gasteiger partial charge in [0.15, 0.2) is 0 Å². The molecule has 120 valence electrons. The molecule has 1 atom stereocenters. The van der Waals surface area contributed by atoms with E-state index >= 15 is 0 Å². The summed E-state index contributed by atoms with van der Waals surface area (Å²) in [5.41, 5.74) is -0.265. The van der Waals surface area contributed by atoms with Gasteiger partial charge in [0, 0.05) is 5.56 Å². The molecule has 0 saturated heterocycles. The Balaban J connectivity index is 2.99. The van der Waals surface area contributed by atoms with Crippen molar-refractivity contribution in [1.29, 1.82) is 0 Å². The number of aliphatic carboxylic acids is 1. The molecule has 0 bridgehead atoms. The zero-order chi connectivity index (χ0) is 16.9. The van der Waals surface area contributed by atoms with Gasteiger partial charge in [-0.1, -0.05) is 13.8 Å². The van der Waals surface area contributed by atoms with Crippen LogP contribution in [0.2, 0.25) is 0 Å². The molecular formula is C15H18FNO5. The number of carbonyl (C=O) groups is 3. The molecule has 0 aliphatic rings. The maximum atomic E-state index is 13.5. The molecule has 2 N–H and O–H groups in total. The van der Waals surface area contributed by atoms with E-state index in [0.29, 0.717) is 0 Å². The molecule has 0 aliphatic heterocycles. The van der Waals surface area contributed by atoms with Crippen molar-refractivity contribution in [2.45, 2.75) is 26.3 Å². The van der Waals surface area contributed by atoms with Crippen LogP contribution < -0.4 is 5.32 Å². The van der Waals surface area contributed by atoms with Crippen LogP contribution in [0.4, 0.5) is 4.39 Å². The Labute approximate surface area is 127 Å². The van der Waals surface area contributed by atoms with Crippen molar-refractivity contribution < 1.29 is 28.6 Å². The highest BCUT2D eigenvalue weighted by molar-refractivity contribution is 5.99. The maximum Gasteiger partial charge on any atom is 0.337 e. The number of rotatable bonds is 6. The highest BCUT2D eigenvalue weighted by Gasteiger charge is 2.22. The molecule has 0 spiro atoms. The maximum absolute atomic E-state index is 13.5. The molecule has 0 unspecified atom stereocenters. The van der Waals surface area contributed by atoms with Crippen LogP contribution in [0.25, 0.3) is 0 Å². The van der Waals surface area contributed by atoms with Crippen LogP contribution in [0.15, 0.2) is 18.2 Å². The van der Waals surface area contributed by atoms with Gasteiger partial charge in [-0.15, -0.1) is 0 Å². The van der Waals surface area contributed by atoms with Crippen LogP contribution in [0.1, 0.15) is 41.0 Å². The van der Waals surface area contributed by atoms with Crippen LogP contribution in [-0.2, 0) is 9.53 Å². The third kappa shape index (κ3) is 4.83. The Hall–Kier alpha value is -2.44. The van der Waals surface area contributed by atoms with Gasteiger partial charge >= 0.3 is 11.9 Å². The largest absolute Gasteiger partial charge is 0.480 e. The molecule has 0 aromatic heterocycles. The van der Waals surface area contributed by atoms with Gasteiger partial charge in [-0.25, -0.2) is 14.0 Å². The number of nitrogens with one attached hydrogen (secondary N) is 1. The minimum absolute atomic E-state index is 0.0551. The number of carbonyl (C=O) groups excluding carboxylic acids is 2. The third-order valence-corrected chi connectivity index (χ3v) is 2.89. The minimum atomic E-state index is -1.17. The number of methoxy groups -OCH3 is 1. The van der Waals surface area contributed by atoms with E-state index < -0.39 is 29.7 Å². The van der Waals surface area contributed by atoms with Crippen molar-refractivity contribution in [2.75, 3.05) is 7.11 Å². The predicted molar refractivity (Wildman–Crippen MR) is 76.1 cm³/mol. The lowest BCUT2D eigenvalue weighted by Gasteiger charge is -2.16. The molecule has 0 saturated carbocycles. The first-order chi connectivity index (χ1) is 10.2. The Morgan fingerprint density at radius 2 is 1.82 bits per heavy atom. The van der Waals surface area contributed by atoms with Gasteiger partial charge in [-0.05, 0) is 30.5 Å². The summed E-state index contributed by atoms with van der Waals surface area (Å²) in [6.07, 6.45) is 0.236. The predicted octanol–water partition coefficient (Wildman–Crippen LogP) is 1.84. The van der Waals surface area contributed by atoms with Crippen molar-refractivity contribution in [3.05, 3.63) is 35.1 Å². The third-order valence-electron chi connectivity index (χ3n) is 2.89. The van der Waals surface area contributed by atoms with Crippen LogP contribution >= 0.6 is 0 Å². The van der Waals surface area contributed by atoms with Gasteiger partial charge in [0.25, 0.3) is 5.91 Å². The SMILES string of the molecule is COC(=O)c1cc(F)cc(C(=O)N[C@@H](CC(C)C)C(=O)O)c1. The standard InChI is InChI=1S/C15H18FNO5/c1-8(2)4-12(14(19)20)17-13(18)9-5-10(15(21)22-3)7-11(16)6-9/h5-8,12H,4H2,1-3H3,(H,17,18)(H,19,20)/t12-/m0/s1. The number of esters is 1. The summed E-state index contributed by atoms with van der Waals surface area (Å²) in [6, 6.07) is 1.93. The Kier molecular flexibility index (Phi) is 6.03. The van der Waals surface area contributed by atoms with Crippen molar-refractivity contribution in [3.8, 4) is 0 Å². The highest BCUT2D eigenvalue weighted by atomic mass is 19.1. The number of carboxylic acids is 1. The molecule has 0 aliphatic carbocycles. The second-order valence-electron chi connectivity index (χ2n) is 5.21. The van der Waals surface area contributed by atoms with Gasteiger partial charge < -0.3 is 15.2 Å². The molecule has 22 heavy (non-hydrogen) atoms. The van der Waals surface area contributed by atoms with Gasteiger partial charge in [-0.2, -0.15) is 0 Å². The van der Waals surface area contributed by atoms with E-state index in [2.05, 4.69) is 10.1 Å². The van der Waals surface area contributed by atoms with E-state index in [9.17, 15) is 18.8 Å². The van der Waals surface area contributed by atoms with E-state index in [1.807, 2.05) is 13.8 Å². The Bertz CT molecular complexity index is 585. The number of hydrogen-bond acceptors (Lipinski definition) is 4. The van der Waals surface area contributed by atoms with E-state index in [-0.39, 0.29) is 23.5 Å². The normalized spacial score (nSPS) is 11.9. The lowest BCUT2D eigenvalue weighted by molar-refractivity contribution is -0.139. The van der Waals surface area contributed by atoms with Crippen molar-refractivity contribution in [3.63, 3.8) is 0 Å². The monoisotopic (exact) mass is 311 g/mol. The van der Waals surface area contributed by atoms with Crippen LogP contribution in [-0.4, -0.2) is 36.1 Å². The van der Waals surface area contributed by atoms with Gasteiger partial charge in [0.1, 0.15) is 11.9 Å². The lowest BCUT2D eigenvalue weighted by Crippen LogP contribution is -2.41. The van der Waals surface area contributed by atoms with Crippen molar-refractivity contribution >= 4 is 17.8 Å². The average Bonchev–Trinajstić information content (AvgIpc) is 2.44. The van der Waals surface area contributed by atoms with E-state index in [1.54, 1.807) is 0 Å². The smallest absolute Gasteiger partial charge is 0.337 e. The minimum Gasteiger partial charge on any atom is -0.480 e. The van der Waals surface area contributed by atoms with E-state index in [0.717, 1.165) is 25.3 Å². The summed E-state index contributed by atoms with van der Waals surface area (Å²) in [5.74, 6) is -3.46. The van der Waals surface area contributed by atoms with Crippen LogP contribution in [0, 0.1) is 11.7 Å². The number of hydrogen-bond donors (Lipinski definition) is 2. The number of amides is 1. The highest BCUT2D eigenvalue weighted by Crippen LogP contribution is 2.12. The van der Waals surface area contributed by atoms with Gasteiger partial charge in [-0.3, -0.25) is 4.79 Å². The second-order valence-corrected chi connectivity index (χ2v) is 5.21. The van der Waals surface area contributed by atoms with E-state index in [1.165, 1.54) is 0 Å². The summed E-state index contributed by atoms with van der Waals surface area (Å²) in [6.45, 7) is 3.64. The summed E-state index contributed by atoms with van der Waals surface area (Å²) in [7, 11) is 1.13. The fraction of sp³-hybridized carbons (Fsp3) is 0.400. The Morgan fingerprint density at radius 3 is 2.32 bits per heavy atom. The summed E-state index contributed by atoms with van der Waals surface area (Å²) < 4.78 is 18.0. The van der Waals surface area contributed by atoms with Crippen LogP contribution in [0.3, 0.4) is 0 Å². The van der Waals surface area contributed by atoms with Crippen LogP contribution in [0.5, 0.6) is 0 Å². The number of carboxylic acid groups (broad SMARTS) is 1. The molecule has 1 aromatic carbocycles. The molecule has 0 heterocycles. The Morgan fingerprint density at radius 1 is 1.23 bits per heavy atom. The number of benzene rings is 1. The molecule has 1 rings (SSSR count). The molecule has 0 radical (unpaired) electrons. The molecule has 1 aromatic rings. The molecule has 1 amide bonds. The van der Waals surface area contributed by atoms with Gasteiger partial charge in [0.2, 0.25) is 0 Å². The fourth-order valence-electron chi connectivity index (χ4n) is 1.89. The first-order valence-corrected chi connectivity index (χ1v) is 6.67. The summed E-state index contributed by atoms with van der Waals surface area (Å²) in [5, 5.41) is 11.4. The zero-order valence-electron chi connectivity index (χ0n) is 12.6. The second kappa shape index (κ2) is 7.53. The quantitative estimate of drug-likeness (QED) is 0.782. The molecular weight excluding hydrogens is 293 g/mol. The molecule has 0 fully saturated rings. The van der Waals surface area contributed by atoms with E-state index in [4.69, 9.17) is 5.11 Å². The zero-order valence-corrected chi connectivity index (χ0v) is 12.6. The molecule has 6 nitrogen and oxygen atoms in total. The lowest BCUT2D eigenvalue weighted by atomic mass is 10.0. The first-order valence-electron chi connectivity index (χ1n) is 6.67. The van der Waals surface area contributed by atoms with Crippen molar-refractivity contribution in [1.82, 2.24) is 5.32 Å². The number of ether oxygens (including phenoxy) is 1. The summed E-state index contributed by atoms with van der Waals surface area (Å²) >= 11 is 0. The fourth-order valence-corrected chi connectivity index (χ4v) is 1.89.